The Labute approximate surface area is 103 Å². The first-order chi connectivity index (χ1) is 7.50. The largest absolute Gasteiger partial charge is 0.368 e. The second-order valence-corrected chi connectivity index (χ2v) is 5.18. The highest BCUT2D eigenvalue weighted by Gasteiger charge is 2.09. The van der Waals surface area contributed by atoms with Gasteiger partial charge in [-0.05, 0) is 11.8 Å². The lowest BCUT2D eigenvalue weighted by Gasteiger charge is -2.15. The average molecular weight is 242 g/mol. The van der Waals surface area contributed by atoms with E-state index in [0.717, 1.165) is 18.1 Å². The molecule has 0 fully saturated rings. The molecular formula is C12H20ClN3. The van der Waals surface area contributed by atoms with Crippen LogP contribution >= 0.6 is 11.6 Å². The lowest BCUT2D eigenvalue weighted by molar-refractivity contribution is 0.615. The minimum Gasteiger partial charge on any atom is -0.368 e. The van der Waals surface area contributed by atoms with E-state index in [1.54, 1.807) is 6.33 Å². The van der Waals surface area contributed by atoms with Gasteiger partial charge in [-0.3, -0.25) is 0 Å². The molecule has 0 radical (unpaired) electrons. The van der Waals surface area contributed by atoms with Gasteiger partial charge in [0.15, 0.2) is 0 Å². The van der Waals surface area contributed by atoms with Crippen molar-refractivity contribution in [3.05, 3.63) is 18.1 Å². The summed E-state index contributed by atoms with van der Waals surface area (Å²) >= 11 is 6.16. The van der Waals surface area contributed by atoms with Gasteiger partial charge in [-0.2, -0.15) is 0 Å². The van der Waals surface area contributed by atoms with Crippen LogP contribution in [0.5, 0.6) is 0 Å². The molecule has 0 aliphatic heterocycles. The Morgan fingerprint density at radius 3 is 2.50 bits per heavy atom. The van der Waals surface area contributed by atoms with Crippen LogP contribution in [0.15, 0.2) is 12.4 Å². The molecule has 1 N–H and O–H groups in total. The van der Waals surface area contributed by atoms with Gasteiger partial charge in [-0.1, -0.05) is 27.7 Å². The zero-order chi connectivity index (χ0) is 12.1. The summed E-state index contributed by atoms with van der Waals surface area (Å²) in [6, 6.07) is 1.98. The second-order valence-electron chi connectivity index (χ2n) is 4.62. The molecule has 16 heavy (non-hydrogen) atoms. The van der Waals surface area contributed by atoms with Gasteiger partial charge in [0, 0.05) is 18.3 Å². The minimum atomic E-state index is 0.123. The van der Waals surface area contributed by atoms with Crippen LogP contribution in [-0.2, 0) is 0 Å². The fourth-order valence-electron chi connectivity index (χ4n) is 1.22. The van der Waals surface area contributed by atoms with Crippen LogP contribution in [-0.4, -0.2) is 21.9 Å². The van der Waals surface area contributed by atoms with Crippen molar-refractivity contribution >= 4 is 17.4 Å². The number of alkyl halides is 1. The maximum Gasteiger partial charge on any atom is 0.129 e. The summed E-state index contributed by atoms with van der Waals surface area (Å²) in [4.78, 5) is 8.39. The number of halogens is 1. The Bertz CT molecular complexity index is 326. The molecule has 0 amide bonds. The number of nitrogens with zero attached hydrogens (tertiary/aromatic N) is 2. The average Bonchev–Trinajstić information content (AvgIpc) is 2.26. The van der Waals surface area contributed by atoms with Gasteiger partial charge in [0.1, 0.15) is 12.1 Å². The highest BCUT2D eigenvalue weighted by atomic mass is 35.5. The van der Waals surface area contributed by atoms with E-state index in [2.05, 4.69) is 43.0 Å². The molecule has 3 nitrogen and oxygen atoms in total. The molecule has 1 aromatic heterocycles. The number of aromatic nitrogens is 2. The van der Waals surface area contributed by atoms with E-state index in [1.165, 1.54) is 0 Å². The van der Waals surface area contributed by atoms with Crippen molar-refractivity contribution in [3.8, 4) is 0 Å². The summed E-state index contributed by atoms with van der Waals surface area (Å²) in [6.07, 6.45) is 1.59. The molecule has 0 bridgehead atoms. The van der Waals surface area contributed by atoms with Crippen molar-refractivity contribution in [2.45, 2.75) is 39.0 Å². The van der Waals surface area contributed by atoms with Gasteiger partial charge in [-0.15, -0.1) is 11.6 Å². The van der Waals surface area contributed by atoms with E-state index in [-0.39, 0.29) is 5.38 Å². The molecule has 1 unspecified atom stereocenters. The number of nitrogens with one attached hydrogen (secondary N) is 1. The van der Waals surface area contributed by atoms with Crippen LogP contribution < -0.4 is 5.32 Å². The van der Waals surface area contributed by atoms with E-state index in [4.69, 9.17) is 11.6 Å². The van der Waals surface area contributed by atoms with Gasteiger partial charge in [0.2, 0.25) is 0 Å². The van der Waals surface area contributed by atoms with Crippen molar-refractivity contribution in [2.75, 3.05) is 11.9 Å². The van der Waals surface area contributed by atoms with Gasteiger partial charge in [0.25, 0.3) is 0 Å². The van der Waals surface area contributed by atoms with E-state index < -0.39 is 0 Å². The molecule has 1 atom stereocenters. The molecule has 0 aliphatic rings. The Kier molecular flexibility index (Phi) is 5.00. The van der Waals surface area contributed by atoms with E-state index in [0.29, 0.717) is 11.8 Å². The summed E-state index contributed by atoms with van der Waals surface area (Å²) < 4.78 is 0. The topological polar surface area (TPSA) is 37.8 Å². The molecule has 4 heteroatoms. The van der Waals surface area contributed by atoms with Gasteiger partial charge in [-0.25, -0.2) is 9.97 Å². The fraction of sp³-hybridized carbons (Fsp3) is 0.667. The van der Waals surface area contributed by atoms with Gasteiger partial charge < -0.3 is 5.32 Å². The molecule has 0 saturated heterocycles. The minimum absolute atomic E-state index is 0.123. The third kappa shape index (κ3) is 3.97. The van der Waals surface area contributed by atoms with Crippen molar-refractivity contribution in [3.63, 3.8) is 0 Å². The standard InChI is InChI=1S/C12H20ClN3/c1-8(2)10(13)6-14-12-5-11(9(3)4)15-7-16-12/h5,7-10H,6H2,1-4H3,(H,14,15,16). The summed E-state index contributed by atoms with van der Waals surface area (Å²) in [5.74, 6) is 1.73. The molecule has 0 aliphatic carbocycles. The molecule has 0 saturated carbocycles. The van der Waals surface area contributed by atoms with E-state index in [1.807, 2.05) is 6.07 Å². The number of hydrogen-bond acceptors (Lipinski definition) is 3. The van der Waals surface area contributed by atoms with Crippen molar-refractivity contribution in [1.82, 2.24) is 9.97 Å². The normalized spacial score (nSPS) is 13.2. The van der Waals surface area contributed by atoms with Crippen LogP contribution in [0.25, 0.3) is 0 Å². The van der Waals surface area contributed by atoms with E-state index >= 15 is 0 Å². The number of rotatable bonds is 5. The van der Waals surface area contributed by atoms with Gasteiger partial charge >= 0.3 is 0 Å². The lowest BCUT2D eigenvalue weighted by atomic mass is 10.1. The number of hydrogen-bond donors (Lipinski definition) is 1. The highest BCUT2D eigenvalue weighted by Crippen LogP contribution is 2.15. The van der Waals surface area contributed by atoms with Crippen LogP contribution in [0.1, 0.15) is 39.3 Å². The molecule has 1 aromatic rings. The lowest BCUT2D eigenvalue weighted by Crippen LogP contribution is -2.20. The highest BCUT2D eigenvalue weighted by molar-refractivity contribution is 6.21. The Morgan fingerprint density at radius 2 is 1.94 bits per heavy atom. The smallest absolute Gasteiger partial charge is 0.129 e. The van der Waals surface area contributed by atoms with Crippen molar-refractivity contribution in [2.24, 2.45) is 5.92 Å². The predicted molar refractivity (Wildman–Crippen MR) is 69.1 cm³/mol. The summed E-state index contributed by atoms with van der Waals surface area (Å²) in [5, 5.41) is 3.36. The Morgan fingerprint density at radius 1 is 1.25 bits per heavy atom. The van der Waals surface area contributed by atoms with Crippen LogP contribution in [0, 0.1) is 5.92 Å². The maximum absolute atomic E-state index is 6.16. The molecule has 1 rings (SSSR count). The van der Waals surface area contributed by atoms with E-state index in [9.17, 15) is 0 Å². The second kappa shape index (κ2) is 6.04. The molecule has 0 spiro atoms. The van der Waals surface area contributed by atoms with Crippen molar-refractivity contribution in [1.29, 1.82) is 0 Å². The third-order valence-electron chi connectivity index (χ3n) is 2.48. The summed E-state index contributed by atoms with van der Waals surface area (Å²) in [6.45, 7) is 9.18. The first-order valence-corrected chi connectivity index (χ1v) is 6.14. The number of anilines is 1. The monoisotopic (exact) mass is 241 g/mol. The Hall–Kier alpha value is -0.830. The van der Waals surface area contributed by atoms with Crippen LogP contribution in [0.3, 0.4) is 0 Å². The van der Waals surface area contributed by atoms with Gasteiger partial charge in [0.05, 0.1) is 5.38 Å². The molecule has 0 aromatic carbocycles. The Balaban J connectivity index is 2.57. The predicted octanol–water partition coefficient (Wildman–Crippen LogP) is 3.28. The zero-order valence-electron chi connectivity index (χ0n) is 10.4. The summed E-state index contributed by atoms with van der Waals surface area (Å²) in [7, 11) is 0. The first kappa shape index (κ1) is 13.2. The maximum atomic E-state index is 6.16. The molecular weight excluding hydrogens is 222 g/mol. The summed E-state index contributed by atoms with van der Waals surface area (Å²) in [5.41, 5.74) is 1.05. The molecule has 90 valence electrons. The zero-order valence-corrected chi connectivity index (χ0v) is 11.1. The van der Waals surface area contributed by atoms with Crippen LogP contribution in [0.4, 0.5) is 5.82 Å². The van der Waals surface area contributed by atoms with Crippen molar-refractivity contribution < 1.29 is 0 Å². The SMILES string of the molecule is CC(C)c1cc(NCC(Cl)C(C)C)ncn1. The first-order valence-electron chi connectivity index (χ1n) is 5.70. The third-order valence-corrected chi connectivity index (χ3v) is 3.14. The van der Waals surface area contributed by atoms with Crippen LogP contribution in [0.2, 0.25) is 0 Å². The fourth-order valence-corrected chi connectivity index (χ4v) is 1.30. The molecule has 1 heterocycles. The quantitative estimate of drug-likeness (QED) is 0.804.